The van der Waals surface area contributed by atoms with Crippen LogP contribution in [0.5, 0.6) is 0 Å². The van der Waals surface area contributed by atoms with Gasteiger partial charge in [-0.3, -0.25) is 4.79 Å². The molecule has 1 amide bonds. The second-order valence-corrected chi connectivity index (χ2v) is 6.15. The van der Waals surface area contributed by atoms with Crippen molar-refractivity contribution in [2.45, 2.75) is 43.5 Å². The highest BCUT2D eigenvalue weighted by molar-refractivity contribution is 5.80. The number of rotatable bonds is 3. The highest BCUT2D eigenvalue weighted by atomic mass is 16.6. The fourth-order valence-electron chi connectivity index (χ4n) is 3.61. The van der Waals surface area contributed by atoms with Gasteiger partial charge < -0.3 is 30.5 Å². The number of aliphatic hydroxyl groups excluding tert-OH is 4. The molecule has 1 saturated carbocycles. The van der Waals surface area contributed by atoms with Gasteiger partial charge >= 0.3 is 0 Å². The Morgan fingerprint density at radius 3 is 2.52 bits per heavy atom. The molecule has 1 saturated heterocycles. The van der Waals surface area contributed by atoms with E-state index in [2.05, 4.69) is 11.4 Å². The first kappa shape index (κ1) is 14.9. The summed E-state index contributed by atoms with van der Waals surface area (Å²) in [6.07, 6.45) is 0.644. The third kappa shape index (κ3) is 2.60. The summed E-state index contributed by atoms with van der Waals surface area (Å²) in [6, 6.07) is -1.10. The Morgan fingerprint density at radius 2 is 1.95 bits per heavy atom. The van der Waals surface area contributed by atoms with Crippen LogP contribution >= 0.6 is 0 Å². The van der Waals surface area contributed by atoms with E-state index >= 15 is 0 Å². The van der Waals surface area contributed by atoms with E-state index in [1.807, 2.05) is 6.08 Å². The summed E-state index contributed by atoms with van der Waals surface area (Å²) in [5.41, 5.74) is 0. The monoisotopic (exact) mass is 299 g/mol. The molecule has 2 bridgehead atoms. The van der Waals surface area contributed by atoms with E-state index in [1.165, 1.54) is 0 Å². The normalized spacial score (nSPS) is 48.6. The quantitative estimate of drug-likeness (QED) is 0.389. The summed E-state index contributed by atoms with van der Waals surface area (Å²) in [6.45, 7) is -0.521. The number of fused-ring (bicyclic) bond motifs is 2. The van der Waals surface area contributed by atoms with Crippen molar-refractivity contribution in [2.75, 3.05) is 6.61 Å². The van der Waals surface area contributed by atoms with Gasteiger partial charge in [0.05, 0.1) is 6.61 Å². The molecule has 8 atom stereocenters. The van der Waals surface area contributed by atoms with Crippen LogP contribution in [0, 0.1) is 17.8 Å². The standard InChI is InChI=1S/C14H21NO6/c16-5-9-11(17)12(18)10(14(20)21-9)15-13(19)8-4-6-1-2-7(8)3-6/h1-2,6-12,14,16-18,20H,3-5H2,(H,15,19)/t6?,7?,8?,9-,10-,11-,12-,14?/m0/s1. The molecule has 0 spiro atoms. The molecule has 0 aromatic rings. The van der Waals surface area contributed by atoms with E-state index in [4.69, 9.17) is 9.84 Å². The molecular formula is C14H21NO6. The highest BCUT2D eigenvalue weighted by Gasteiger charge is 2.46. The Kier molecular flexibility index (Phi) is 4.02. The van der Waals surface area contributed by atoms with Gasteiger partial charge in [0.2, 0.25) is 5.91 Å². The van der Waals surface area contributed by atoms with E-state index < -0.39 is 37.3 Å². The maximum Gasteiger partial charge on any atom is 0.224 e. The lowest BCUT2D eigenvalue weighted by Gasteiger charge is -2.40. The van der Waals surface area contributed by atoms with Crippen molar-refractivity contribution in [3.05, 3.63) is 12.2 Å². The summed E-state index contributed by atoms with van der Waals surface area (Å²) in [4.78, 5) is 12.3. The molecular weight excluding hydrogens is 278 g/mol. The van der Waals surface area contributed by atoms with Gasteiger partial charge in [-0.1, -0.05) is 12.2 Å². The molecule has 4 unspecified atom stereocenters. The fourth-order valence-corrected chi connectivity index (χ4v) is 3.61. The van der Waals surface area contributed by atoms with E-state index in [-0.39, 0.29) is 17.7 Å². The number of hydrogen-bond acceptors (Lipinski definition) is 6. The van der Waals surface area contributed by atoms with Crippen molar-refractivity contribution >= 4 is 5.91 Å². The maximum atomic E-state index is 12.3. The first-order valence-corrected chi connectivity index (χ1v) is 7.30. The van der Waals surface area contributed by atoms with E-state index in [0.29, 0.717) is 5.92 Å². The minimum absolute atomic E-state index is 0.160. The van der Waals surface area contributed by atoms with Crippen LogP contribution < -0.4 is 5.32 Å². The smallest absolute Gasteiger partial charge is 0.224 e. The molecule has 0 aromatic heterocycles. The number of aliphatic hydroxyl groups is 4. The van der Waals surface area contributed by atoms with E-state index in [1.54, 1.807) is 0 Å². The third-order valence-corrected chi connectivity index (χ3v) is 4.82. The van der Waals surface area contributed by atoms with E-state index in [0.717, 1.165) is 12.8 Å². The maximum absolute atomic E-state index is 12.3. The molecule has 2 aliphatic carbocycles. The number of allylic oxidation sites excluding steroid dienone is 2. The molecule has 1 aliphatic heterocycles. The van der Waals surface area contributed by atoms with Crippen molar-refractivity contribution in [1.82, 2.24) is 5.32 Å². The van der Waals surface area contributed by atoms with Crippen molar-refractivity contribution < 1.29 is 30.0 Å². The first-order chi connectivity index (χ1) is 10.0. The average Bonchev–Trinajstić information content (AvgIpc) is 3.09. The van der Waals surface area contributed by atoms with Crippen LogP contribution in [0.4, 0.5) is 0 Å². The molecule has 7 nitrogen and oxygen atoms in total. The number of carbonyl (C=O) groups is 1. The fraction of sp³-hybridized carbons (Fsp3) is 0.786. The largest absolute Gasteiger partial charge is 0.394 e. The predicted octanol–water partition coefficient (Wildman–Crippen LogP) is -1.89. The molecule has 3 rings (SSSR count). The van der Waals surface area contributed by atoms with E-state index in [9.17, 15) is 20.1 Å². The summed E-state index contributed by atoms with van der Waals surface area (Å²) in [7, 11) is 0. The minimum atomic E-state index is -1.46. The molecule has 118 valence electrons. The van der Waals surface area contributed by atoms with Crippen LogP contribution in [0.15, 0.2) is 12.2 Å². The number of nitrogens with one attached hydrogen (secondary N) is 1. The lowest BCUT2D eigenvalue weighted by Crippen LogP contribution is -2.64. The van der Waals surface area contributed by atoms with Gasteiger partial charge in [-0.05, 0) is 24.7 Å². The van der Waals surface area contributed by atoms with Crippen LogP contribution in [0.3, 0.4) is 0 Å². The topological polar surface area (TPSA) is 119 Å². The Bertz CT molecular complexity index is 441. The Morgan fingerprint density at radius 1 is 1.19 bits per heavy atom. The molecule has 2 fully saturated rings. The number of amides is 1. The minimum Gasteiger partial charge on any atom is -0.394 e. The third-order valence-electron chi connectivity index (χ3n) is 4.82. The summed E-state index contributed by atoms with van der Waals surface area (Å²) in [5, 5.41) is 41.2. The molecule has 21 heavy (non-hydrogen) atoms. The van der Waals surface area contributed by atoms with Crippen molar-refractivity contribution in [3.8, 4) is 0 Å². The average molecular weight is 299 g/mol. The zero-order chi connectivity index (χ0) is 15.1. The van der Waals surface area contributed by atoms with Crippen molar-refractivity contribution in [3.63, 3.8) is 0 Å². The molecule has 0 radical (unpaired) electrons. The predicted molar refractivity (Wildman–Crippen MR) is 70.8 cm³/mol. The van der Waals surface area contributed by atoms with Gasteiger partial charge in [0.1, 0.15) is 24.4 Å². The number of ether oxygens (including phenoxy) is 1. The Hall–Kier alpha value is -0.990. The summed E-state index contributed by atoms with van der Waals surface area (Å²) in [5.74, 6) is 0.247. The molecule has 1 heterocycles. The lowest BCUT2D eigenvalue weighted by molar-refractivity contribution is -0.254. The van der Waals surface area contributed by atoms with Gasteiger partial charge in [-0.15, -0.1) is 0 Å². The molecule has 3 aliphatic rings. The number of carbonyl (C=O) groups excluding carboxylic acids is 1. The Balaban J connectivity index is 1.64. The van der Waals surface area contributed by atoms with Gasteiger partial charge in [0.15, 0.2) is 6.29 Å². The van der Waals surface area contributed by atoms with Crippen LogP contribution in [0.25, 0.3) is 0 Å². The molecule has 5 N–H and O–H groups in total. The summed E-state index contributed by atoms with van der Waals surface area (Å²) < 4.78 is 5.02. The lowest BCUT2D eigenvalue weighted by atomic mass is 9.91. The van der Waals surface area contributed by atoms with Gasteiger partial charge in [-0.2, -0.15) is 0 Å². The number of hydrogen-bond donors (Lipinski definition) is 5. The van der Waals surface area contributed by atoms with Crippen LogP contribution in [0.1, 0.15) is 12.8 Å². The zero-order valence-corrected chi connectivity index (χ0v) is 11.5. The van der Waals surface area contributed by atoms with Crippen molar-refractivity contribution in [2.24, 2.45) is 17.8 Å². The van der Waals surface area contributed by atoms with Gasteiger partial charge in [0.25, 0.3) is 0 Å². The van der Waals surface area contributed by atoms with Crippen LogP contribution in [-0.2, 0) is 9.53 Å². The molecule has 0 aromatic carbocycles. The van der Waals surface area contributed by atoms with Crippen molar-refractivity contribution in [1.29, 1.82) is 0 Å². The first-order valence-electron chi connectivity index (χ1n) is 7.30. The summed E-state index contributed by atoms with van der Waals surface area (Å²) >= 11 is 0. The second kappa shape index (κ2) is 5.66. The van der Waals surface area contributed by atoms with Crippen LogP contribution in [0.2, 0.25) is 0 Å². The van der Waals surface area contributed by atoms with Gasteiger partial charge in [-0.25, -0.2) is 0 Å². The Labute approximate surface area is 122 Å². The highest BCUT2D eigenvalue weighted by Crippen LogP contribution is 2.43. The van der Waals surface area contributed by atoms with Gasteiger partial charge in [0, 0.05) is 5.92 Å². The van der Waals surface area contributed by atoms with Crippen LogP contribution in [-0.4, -0.2) is 63.6 Å². The SMILES string of the molecule is O=C(N[C@@H]1C(O)O[C@@H](CO)[C@H](O)[C@H]1O)C1CC2C=CC1C2. The molecule has 7 heteroatoms. The second-order valence-electron chi connectivity index (χ2n) is 6.15. The zero-order valence-electron chi connectivity index (χ0n) is 11.5.